The molecule has 7 heteroatoms. The van der Waals surface area contributed by atoms with Crippen molar-refractivity contribution in [3.05, 3.63) is 63.6 Å². The van der Waals surface area contributed by atoms with Crippen LogP contribution < -0.4 is 5.32 Å². The lowest BCUT2D eigenvalue weighted by Crippen LogP contribution is -2.38. The van der Waals surface area contributed by atoms with Crippen LogP contribution in [-0.4, -0.2) is 54.3 Å². The van der Waals surface area contributed by atoms with Gasteiger partial charge in [-0.3, -0.25) is 14.5 Å². The van der Waals surface area contributed by atoms with E-state index in [-0.39, 0.29) is 11.8 Å². The lowest BCUT2D eigenvalue weighted by Gasteiger charge is -2.22. The smallest absolute Gasteiger partial charge is 0.253 e. The Balaban J connectivity index is 1.52. The Morgan fingerprint density at radius 3 is 2.56 bits per heavy atom. The Morgan fingerprint density at radius 2 is 1.81 bits per heavy atom. The number of nitrogens with one attached hydrogen (secondary N) is 1. The topological polar surface area (TPSA) is 52.7 Å². The van der Waals surface area contributed by atoms with Gasteiger partial charge in [0.1, 0.15) is 0 Å². The van der Waals surface area contributed by atoms with Crippen molar-refractivity contribution in [3.63, 3.8) is 0 Å². The summed E-state index contributed by atoms with van der Waals surface area (Å²) in [4.78, 5) is 28.9. The SMILES string of the molecule is O=C(CN1CCCN(C(=O)c2cccc(Cl)c2)CC1)Nc1ccc(Br)cc1. The molecule has 0 radical (unpaired) electrons. The van der Waals surface area contributed by atoms with Crippen LogP contribution >= 0.6 is 27.5 Å². The Hall–Kier alpha value is -1.89. The molecule has 0 unspecified atom stereocenters. The van der Waals surface area contributed by atoms with E-state index in [0.717, 1.165) is 23.1 Å². The van der Waals surface area contributed by atoms with Crippen molar-refractivity contribution >= 4 is 45.0 Å². The average molecular weight is 451 g/mol. The van der Waals surface area contributed by atoms with Crippen LogP contribution in [0.25, 0.3) is 0 Å². The van der Waals surface area contributed by atoms with Crippen LogP contribution in [0.2, 0.25) is 5.02 Å². The minimum atomic E-state index is -0.0491. The van der Waals surface area contributed by atoms with Crippen molar-refractivity contribution in [1.29, 1.82) is 0 Å². The molecule has 2 amide bonds. The lowest BCUT2D eigenvalue weighted by atomic mass is 10.2. The van der Waals surface area contributed by atoms with Crippen molar-refractivity contribution in [1.82, 2.24) is 9.80 Å². The molecule has 3 rings (SSSR count). The Bertz CT molecular complexity index is 813. The molecule has 0 spiro atoms. The van der Waals surface area contributed by atoms with E-state index in [1.54, 1.807) is 24.3 Å². The summed E-state index contributed by atoms with van der Waals surface area (Å²) in [6.07, 6.45) is 0.831. The zero-order valence-corrected chi connectivity index (χ0v) is 17.2. The number of benzene rings is 2. The van der Waals surface area contributed by atoms with Gasteiger partial charge in [0.2, 0.25) is 5.91 Å². The van der Waals surface area contributed by atoms with Crippen molar-refractivity contribution in [2.24, 2.45) is 0 Å². The Kier molecular flexibility index (Phi) is 6.88. The van der Waals surface area contributed by atoms with Crippen molar-refractivity contribution in [2.45, 2.75) is 6.42 Å². The van der Waals surface area contributed by atoms with Gasteiger partial charge in [-0.1, -0.05) is 33.6 Å². The molecule has 0 aromatic heterocycles. The fourth-order valence-corrected chi connectivity index (χ4v) is 3.53. The highest BCUT2D eigenvalue weighted by Crippen LogP contribution is 2.16. The number of anilines is 1. The number of hydrogen-bond donors (Lipinski definition) is 1. The van der Waals surface area contributed by atoms with Crippen LogP contribution in [0.15, 0.2) is 53.0 Å². The van der Waals surface area contributed by atoms with Gasteiger partial charge in [-0.05, 0) is 48.9 Å². The molecule has 1 aliphatic heterocycles. The van der Waals surface area contributed by atoms with E-state index in [1.807, 2.05) is 29.2 Å². The number of amides is 2. The number of halogens is 2. The van der Waals surface area contributed by atoms with Crippen LogP contribution in [0.1, 0.15) is 16.8 Å². The second-order valence-electron chi connectivity index (χ2n) is 6.49. The summed E-state index contributed by atoms with van der Waals surface area (Å²) < 4.78 is 0.970. The van der Waals surface area contributed by atoms with Crippen LogP contribution in [-0.2, 0) is 4.79 Å². The zero-order valence-electron chi connectivity index (χ0n) is 14.8. The summed E-state index contributed by atoms with van der Waals surface area (Å²) in [5.41, 5.74) is 1.37. The van der Waals surface area contributed by atoms with Gasteiger partial charge in [-0.25, -0.2) is 0 Å². The van der Waals surface area contributed by atoms with Gasteiger partial charge in [0.15, 0.2) is 0 Å². The van der Waals surface area contributed by atoms with Crippen LogP contribution in [0, 0.1) is 0 Å². The lowest BCUT2D eigenvalue weighted by molar-refractivity contribution is -0.117. The second kappa shape index (κ2) is 9.35. The summed E-state index contributed by atoms with van der Waals surface area (Å²) in [5, 5.41) is 3.46. The molecule has 0 aliphatic carbocycles. The molecular weight excluding hydrogens is 430 g/mol. The van der Waals surface area contributed by atoms with E-state index in [1.165, 1.54) is 0 Å². The summed E-state index contributed by atoms with van der Waals surface area (Å²) in [7, 11) is 0. The van der Waals surface area contributed by atoms with Crippen molar-refractivity contribution in [2.75, 3.05) is 38.0 Å². The molecule has 27 heavy (non-hydrogen) atoms. The van der Waals surface area contributed by atoms with Gasteiger partial charge in [0.25, 0.3) is 5.91 Å². The standard InChI is InChI=1S/C20H21BrClN3O2/c21-16-5-7-18(8-6-16)23-19(26)14-24-9-2-10-25(12-11-24)20(27)15-3-1-4-17(22)13-15/h1,3-8,13H,2,9-12,14H2,(H,23,26). The third-order valence-corrected chi connectivity index (χ3v) is 5.21. The third kappa shape index (κ3) is 5.79. The minimum Gasteiger partial charge on any atom is -0.337 e. The minimum absolute atomic E-state index is 0.0151. The molecule has 1 aliphatic rings. The van der Waals surface area contributed by atoms with E-state index in [9.17, 15) is 9.59 Å². The quantitative estimate of drug-likeness (QED) is 0.769. The highest BCUT2D eigenvalue weighted by atomic mass is 79.9. The Morgan fingerprint density at radius 1 is 1.04 bits per heavy atom. The van der Waals surface area contributed by atoms with Gasteiger partial charge in [-0.2, -0.15) is 0 Å². The molecule has 5 nitrogen and oxygen atoms in total. The molecule has 1 heterocycles. The molecular formula is C20H21BrClN3O2. The predicted octanol–water partition coefficient (Wildman–Crippen LogP) is 3.89. The van der Waals surface area contributed by atoms with E-state index in [4.69, 9.17) is 11.6 Å². The van der Waals surface area contributed by atoms with Gasteiger partial charge < -0.3 is 10.2 Å². The number of carbonyl (C=O) groups is 2. The summed E-state index contributed by atoms with van der Waals surface area (Å²) >= 11 is 9.37. The average Bonchev–Trinajstić information content (AvgIpc) is 2.88. The van der Waals surface area contributed by atoms with Gasteiger partial charge in [-0.15, -0.1) is 0 Å². The number of hydrogen-bond acceptors (Lipinski definition) is 3. The maximum Gasteiger partial charge on any atom is 0.253 e. The molecule has 1 saturated heterocycles. The molecule has 1 fully saturated rings. The zero-order chi connectivity index (χ0) is 19.2. The molecule has 2 aromatic rings. The molecule has 1 N–H and O–H groups in total. The van der Waals surface area contributed by atoms with Crippen molar-refractivity contribution < 1.29 is 9.59 Å². The molecule has 0 saturated carbocycles. The molecule has 2 aromatic carbocycles. The van der Waals surface area contributed by atoms with E-state index in [2.05, 4.69) is 26.1 Å². The Labute approximate surface area is 172 Å². The van der Waals surface area contributed by atoms with Crippen LogP contribution in [0.4, 0.5) is 5.69 Å². The molecule has 0 bridgehead atoms. The van der Waals surface area contributed by atoms with Crippen molar-refractivity contribution in [3.8, 4) is 0 Å². The fraction of sp³-hybridized carbons (Fsp3) is 0.300. The fourth-order valence-electron chi connectivity index (χ4n) is 3.07. The summed E-state index contributed by atoms with van der Waals surface area (Å²) in [5.74, 6) is -0.0643. The number of carbonyl (C=O) groups excluding carboxylic acids is 2. The van der Waals surface area contributed by atoms with Gasteiger partial charge in [0.05, 0.1) is 6.54 Å². The van der Waals surface area contributed by atoms with Gasteiger partial charge >= 0.3 is 0 Å². The number of nitrogens with zero attached hydrogens (tertiary/aromatic N) is 2. The highest BCUT2D eigenvalue weighted by molar-refractivity contribution is 9.10. The number of rotatable bonds is 4. The monoisotopic (exact) mass is 449 g/mol. The van der Waals surface area contributed by atoms with Crippen LogP contribution in [0.3, 0.4) is 0 Å². The normalized spacial score (nSPS) is 15.3. The first kappa shape index (κ1) is 19.9. The first-order valence-electron chi connectivity index (χ1n) is 8.84. The predicted molar refractivity (Wildman–Crippen MR) is 111 cm³/mol. The maximum atomic E-state index is 12.7. The van der Waals surface area contributed by atoms with E-state index >= 15 is 0 Å². The first-order valence-corrected chi connectivity index (χ1v) is 10.0. The largest absolute Gasteiger partial charge is 0.337 e. The summed E-state index contributed by atoms with van der Waals surface area (Å²) in [6, 6.07) is 14.5. The molecule has 0 atom stereocenters. The second-order valence-corrected chi connectivity index (χ2v) is 7.84. The first-order chi connectivity index (χ1) is 13.0. The van der Waals surface area contributed by atoms with E-state index < -0.39 is 0 Å². The molecule has 142 valence electrons. The van der Waals surface area contributed by atoms with E-state index in [0.29, 0.717) is 36.8 Å². The van der Waals surface area contributed by atoms with Crippen LogP contribution in [0.5, 0.6) is 0 Å². The maximum absolute atomic E-state index is 12.7. The summed E-state index contributed by atoms with van der Waals surface area (Å²) in [6.45, 7) is 3.04. The highest BCUT2D eigenvalue weighted by Gasteiger charge is 2.21. The third-order valence-electron chi connectivity index (χ3n) is 4.44. The van der Waals surface area contributed by atoms with Gasteiger partial charge in [0, 0.05) is 46.9 Å².